The molecule has 0 saturated carbocycles. The molecule has 0 spiro atoms. The van der Waals surface area contributed by atoms with Gasteiger partial charge in [0.25, 0.3) is 0 Å². The summed E-state index contributed by atoms with van der Waals surface area (Å²) in [5, 5.41) is 12.6. The molecule has 0 amide bonds. The normalized spacial score (nSPS) is 21.4. The second kappa shape index (κ2) is 7.38. The van der Waals surface area contributed by atoms with E-state index in [1.54, 1.807) is 6.92 Å². The molecule has 1 fully saturated rings. The van der Waals surface area contributed by atoms with Gasteiger partial charge in [-0.3, -0.25) is 10.1 Å². The van der Waals surface area contributed by atoms with Gasteiger partial charge in [0.2, 0.25) is 0 Å². The third-order valence-corrected chi connectivity index (χ3v) is 4.36. The minimum absolute atomic E-state index is 0.171. The summed E-state index contributed by atoms with van der Waals surface area (Å²) in [5.74, 6) is -0.761. The Bertz CT molecular complexity index is 314. The maximum Gasteiger partial charge on any atom is 0.323 e. The molecule has 0 aromatic rings. The van der Waals surface area contributed by atoms with Gasteiger partial charge in [-0.1, -0.05) is 0 Å². The molecule has 0 bridgehead atoms. The Hall–Kier alpha value is -0.650. The number of nitrogens with one attached hydrogen (secondary N) is 1. The topological polar surface area (TPSA) is 55.8 Å². The zero-order valence-electron chi connectivity index (χ0n) is 13.6. The van der Waals surface area contributed by atoms with Crippen molar-refractivity contribution in [2.75, 3.05) is 33.7 Å². The number of carbonyl (C=O) groups is 1. The van der Waals surface area contributed by atoms with Crippen LogP contribution < -0.4 is 5.32 Å². The Balaban J connectivity index is 2.48. The Morgan fingerprint density at radius 2 is 2.00 bits per heavy atom. The third kappa shape index (κ3) is 5.04. The molecule has 1 rings (SSSR count). The molecule has 2 N–H and O–H groups in total. The molecule has 0 radical (unpaired) electrons. The summed E-state index contributed by atoms with van der Waals surface area (Å²) in [6, 6.07) is 0.757. The number of hydrogen-bond donors (Lipinski definition) is 2. The molecule has 1 aliphatic heterocycles. The first-order valence-electron chi connectivity index (χ1n) is 7.64. The SMILES string of the molecule is CC(C)NC(C)(CCN(C)C1CCN(C)CC1)C(=O)O. The molecule has 0 aromatic heterocycles. The van der Waals surface area contributed by atoms with Crippen molar-refractivity contribution >= 4 is 5.97 Å². The number of hydrogen-bond acceptors (Lipinski definition) is 4. The highest BCUT2D eigenvalue weighted by Gasteiger charge is 2.34. The average Bonchev–Trinajstić information content (AvgIpc) is 2.36. The van der Waals surface area contributed by atoms with Gasteiger partial charge in [-0.25, -0.2) is 0 Å². The minimum atomic E-state index is -0.839. The van der Waals surface area contributed by atoms with Crippen molar-refractivity contribution in [2.45, 2.75) is 57.7 Å². The van der Waals surface area contributed by atoms with E-state index in [9.17, 15) is 9.90 Å². The van der Waals surface area contributed by atoms with E-state index in [-0.39, 0.29) is 6.04 Å². The highest BCUT2D eigenvalue weighted by atomic mass is 16.4. The number of carboxylic acid groups (broad SMARTS) is 1. The van der Waals surface area contributed by atoms with Crippen LogP contribution in [0.25, 0.3) is 0 Å². The second-order valence-corrected chi connectivity index (χ2v) is 6.70. The van der Waals surface area contributed by atoms with Gasteiger partial charge in [0, 0.05) is 18.6 Å². The van der Waals surface area contributed by atoms with Crippen LogP contribution in [0.2, 0.25) is 0 Å². The Morgan fingerprint density at radius 3 is 2.45 bits per heavy atom. The molecule has 5 nitrogen and oxygen atoms in total. The lowest BCUT2D eigenvalue weighted by Gasteiger charge is -2.37. The summed E-state index contributed by atoms with van der Waals surface area (Å²) in [7, 11) is 4.28. The zero-order valence-corrected chi connectivity index (χ0v) is 13.6. The van der Waals surface area contributed by atoms with Crippen LogP contribution in [-0.2, 0) is 4.79 Å². The van der Waals surface area contributed by atoms with E-state index in [2.05, 4.69) is 29.2 Å². The molecule has 0 aliphatic carbocycles. The molecule has 1 heterocycles. The summed E-state index contributed by atoms with van der Waals surface area (Å²) < 4.78 is 0. The molecule has 20 heavy (non-hydrogen) atoms. The van der Waals surface area contributed by atoms with Crippen molar-refractivity contribution < 1.29 is 9.90 Å². The molecule has 5 heteroatoms. The van der Waals surface area contributed by atoms with Gasteiger partial charge in [0.05, 0.1) is 0 Å². The lowest BCUT2D eigenvalue weighted by molar-refractivity contribution is -0.145. The van der Waals surface area contributed by atoms with Crippen LogP contribution in [0.5, 0.6) is 0 Å². The lowest BCUT2D eigenvalue weighted by atomic mass is 9.95. The molecule has 1 unspecified atom stereocenters. The van der Waals surface area contributed by atoms with Crippen molar-refractivity contribution in [1.29, 1.82) is 0 Å². The van der Waals surface area contributed by atoms with E-state index in [4.69, 9.17) is 0 Å². The Kier molecular flexibility index (Phi) is 6.43. The van der Waals surface area contributed by atoms with Crippen LogP contribution in [0.1, 0.15) is 40.0 Å². The van der Waals surface area contributed by atoms with Gasteiger partial charge in [-0.2, -0.15) is 0 Å². The fourth-order valence-electron chi connectivity index (χ4n) is 2.90. The largest absolute Gasteiger partial charge is 0.480 e. The summed E-state index contributed by atoms with van der Waals surface area (Å²) >= 11 is 0. The van der Waals surface area contributed by atoms with Crippen molar-refractivity contribution in [3.8, 4) is 0 Å². The van der Waals surface area contributed by atoms with Gasteiger partial charge < -0.3 is 14.9 Å². The summed E-state index contributed by atoms with van der Waals surface area (Å²) in [4.78, 5) is 16.2. The minimum Gasteiger partial charge on any atom is -0.480 e. The van der Waals surface area contributed by atoms with E-state index in [1.807, 2.05) is 13.8 Å². The first-order valence-corrected chi connectivity index (χ1v) is 7.64. The van der Waals surface area contributed by atoms with Crippen LogP contribution in [0, 0.1) is 0 Å². The molecular formula is C15H31N3O2. The van der Waals surface area contributed by atoms with Crippen LogP contribution in [0.3, 0.4) is 0 Å². The van der Waals surface area contributed by atoms with Crippen LogP contribution in [-0.4, -0.2) is 72.2 Å². The zero-order chi connectivity index (χ0) is 15.3. The second-order valence-electron chi connectivity index (χ2n) is 6.70. The molecule has 118 valence electrons. The molecule has 0 aromatic carbocycles. The summed E-state index contributed by atoms with van der Waals surface area (Å²) in [6.07, 6.45) is 2.98. The van der Waals surface area contributed by atoms with Crippen molar-refractivity contribution in [1.82, 2.24) is 15.1 Å². The fraction of sp³-hybridized carbons (Fsp3) is 0.933. The summed E-state index contributed by atoms with van der Waals surface area (Å²) in [5.41, 5.74) is -0.839. The standard InChI is InChI=1S/C15H31N3O2/c1-12(2)16-15(3,14(19)20)8-11-18(5)13-6-9-17(4)10-7-13/h12-13,16H,6-11H2,1-5H3,(H,19,20). The number of carboxylic acids is 1. The average molecular weight is 285 g/mol. The van der Waals surface area contributed by atoms with Crippen LogP contribution in [0.15, 0.2) is 0 Å². The number of piperidine rings is 1. The van der Waals surface area contributed by atoms with E-state index >= 15 is 0 Å². The smallest absolute Gasteiger partial charge is 0.323 e. The van der Waals surface area contributed by atoms with E-state index in [0.29, 0.717) is 12.5 Å². The van der Waals surface area contributed by atoms with E-state index in [0.717, 1.165) is 19.6 Å². The van der Waals surface area contributed by atoms with Gasteiger partial charge in [0.1, 0.15) is 5.54 Å². The maximum atomic E-state index is 11.5. The molecule has 1 saturated heterocycles. The van der Waals surface area contributed by atoms with Gasteiger partial charge >= 0.3 is 5.97 Å². The Labute approximate surface area is 123 Å². The number of likely N-dealkylation sites (tertiary alicyclic amines) is 1. The number of aliphatic carboxylic acids is 1. The van der Waals surface area contributed by atoms with E-state index in [1.165, 1.54) is 12.8 Å². The first-order chi connectivity index (χ1) is 9.24. The molecular weight excluding hydrogens is 254 g/mol. The number of nitrogens with zero attached hydrogens (tertiary/aromatic N) is 2. The molecule has 1 aliphatic rings. The van der Waals surface area contributed by atoms with Crippen molar-refractivity contribution in [3.63, 3.8) is 0 Å². The van der Waals surface area contributed by atoms with Crippen molar-refractivity contribution in [3.05, 3.63) is 0 Å². The lowest BCUT2D eigenvalue weighted by Crippen LogP contribution is -2.54. The van der Waals surface area contributed by atoms with Crippen molar-refractivity contribution in [2.24, 2.45) is 0 Å². The fourth-order valence-corrected chi connectivity index (χ4v) is 2.90. The predicted octanol–water partition coefficient (Wildman–Crippen LogP) is 1.24. The highest BCUT2D eigenvalue weighted by molar-refractivity contribution is 5.78. The van der Waals surface area contributed by atoms with Gasteiger partial charge in [-0.15, -0.1) is 0 Å². The Morgan fingerprint density at radius 1 is 1.45 bits per heavy atom. The van der Waals surface area contributed by atoms with Gasteiger partial charge in [0.15, 0.2) is 0 Å². The highest BCUT2D eigenvalue weighted by Crippen LogP contribution is 2.17. The van der Waals surface area contributed by atoms with Crippen LogP contribution in [0.4, 0.5) is 0 Å². The number of rotatable bonds is 7. The summed E-state index contributed by atoms with van der Waals surface area (Å²) in [6.45, 7) is 8.85. The van der Waals surface area contributed by atoms with Crippen LogP contribution >= 0.6 is 0 Å². The first kappa shape index (κ1) is 17.4. The molecule has 1 atom stereocenters. The maximum absolute atomic E-state index is 11.5. The quantitative estimate of drug-likeness (QED) is 0.737. The van der Waals surface area contributed by atoms with Gasteiger partial charge in [-0.05, 0) is 67.2 Å². The van der Waals surface area contributed by atoms with E-state index < -0.39 is 11.5 Å². The monoisotopic (exact) mass is 285 g/mol. The predicted molar refractivity (Wildman–Crippen MR) is 82.1 cm³/mol. The third-order valence-electron chi connectivity index (χ3n) is 4.36.